The van der Waals surface area contributed by atoms with E-state index in [1.165, 1.54) is 11.1 Å². The first-order valence-electron chi connectivity index (χ1n) is 9.90. The van der Waals surface area contributed by atoms with Gasteiger partial charge in [-0.05, 0) is 74.6 Å². The number of anilines is 1. The summed E-state index contributed by atoms with van der Waals surface area (Å²) in [4.78, 5) is 25.0. The number of nitrogens with one attached hydrogen (secondary N) is 1. The van der Waals surface area contributed by atoms with Gasteiger partial charge in [-0.15, -0.1) is 0 Å². The van der Waals surface area contributed by atoms with Crippen molar-refractivity contribution in [3.05, 3.63) is 58.7 Å². The van der Waals surface area contributed by atoms with E-state index in [1.54, 1.807) is 32.2 Å². The Morgan fingerprint density at radius 2 is 1.90 bits per heavy atom. The molecule has 29 heavy (non-hydrogen) atoms. The van der Waals surface area contributed by atoms with E-state index in [9.17, 15) is 9.59 Å². The van der Waals surface area contributed by atoms with E-state index in [0.29, 0.717) is 24.5 Å². The number of hydrogen-bond donors (Lipinski definition) is 1. The number of esters is 1. The first-order chi connectivity index (χ1) is 14.0. The number of carbonyl (C=O) groups excluding carboxylic acids is 2. The number of rotatable bonds is 8. The molecule has 0 aromatic heterocycles. The summed E-state index contributed by atoms with van der Waals surface area (Å²) in [6.45, 7) is 4.34. The van der Waals surface area contributed by atoms with Gasteiger partial charge in [-0.2, -0.15) is 0 Å². The Bertz CT molecular complexity index is 893. The molecule has 0 unspecified atom stereocenters. The van der Waals surface area contributed by atoms with E-state index in [2.05, 4.69) is 5.32 Å². The molecule has 1 amide bonds. The highest BCUT2D eigenvalue weighted by Crippen LogP contribution is 2.25. The number of aryl methyl sites for hydroxylation is 2. The fourth-order valence-corrected chi connectivity index (χ4v) is 3.41. The molecule has 0 spiro atoms. The quantitative estimate of drug-likeness (QED) is 0.684. The van der Waals surface area contributed by atoms with E-state index < -0.39 is 12.1 Å². The molecule has 1 aliphatic carbocycles. The van der Waals surface area contributed by atoms with Gasteiger partial charge in [0.05, 0.1) is 19.3 Å². The van der Waals surface area contributed by atoms with Crippen LogP contribution < -0.4 is 10.1 Å². The summed E-state index contributed by atoms with van der Waals surface area (Å²) in [6.07, 6.45) is 2.34. The third-order valence-electron chi connectivity index (χ3n) is 5.00. The van der Waals surface area contributed by atoms with E-state index in [0.717, 1.165) is 30.5 Å². The van der Waals surface area contributed by atoms with Gasteiger partial charge in [0.25, 0.3) is 5.91 Å². The van der Waals surface area contributed by atoms with Crippen molar-refractivity contribution in [1.29, 1.82) is 0 Å². The van der Waals surface area contributed by atoms with Gasteiger partial charge in [-0.25, -0.2) is 4.79 Å². The minimum atomic E-state index is -0.923. The van der Waals surface area contributed by atoms with E-state index >= 15 is 0 Å². The molecule has 3 rings (SSSR count). The molecule has 0 saturated heterocycles. The lowest BCUT2D eigenvalue weighted by molar-refractivity contribution is -0.123. The zero-order chi connectivity index (χ0) is 20.8. The van der Waals surface area contributed by atoms with Gasteiger partial charge in [0.1, 0.15) is 5.75 Å². The highest BCUT2D eigenvalue weighted by Gasteiger charge is 2.21. The molecule has 0 heterocycles. The van der Waals surface area contributed by atoms with E-state index in [-0.39, 0.29) is 5.91 Å². The number of carbonyl (C=O) groups is 2. The third-order valence-corrected chi connectivity index (χ3v) is 5.00. The first-order valence-corrected chi connectivity index (χ1v) is 9.90. The van der Waals surface area contributed by atoms with E-state index in [1.807, 2.05) is 25.1 Å². The van der Waals surface area contributed by atoms with Gasteiger partial charge >= 0.3 is 5.97 Å². The number of fused-ring (bicyclic) bond motifs is 1. The molecule has 154 valence electrons. The lowest BCUT2D eigenvalue weighted by atomic mass is 10.1. The summed E-state index contributed by atoms with van der Waals surface area (Å²) in [5.41, 5.74) is 4.43. The summed E-state index contributed by atoms with van der Waals surface area (Å²) in [5, 5.41) is 2.83. The molecule has 1 aliphatic rings. The maximum Gasteiger partial charge on any atom is 0.338 e. The van der Waals surface area contributed by atoms with Crippen LogP contribution in [-0.4, -0.2) is 31.7 Å². The van der Waals surface area contributed by atoms with Gasteiger partial charge in [0.2, 0.25) is 0 Å². The Morgan fingerprint density at radius 3 is 2.66 bits per heavy atom. The molecule has 1 N–H and O–H groups in total. The first kappa shape index (κ1) is 20.9. The number of benzene rings is 2. The summed E-state index contributed by atoms with van der Waals surface area (Å²) < 4.78 is 16.1. The van der Waals surface area contributed by atoms with Crippen LogP contribution in [-0.2, 0) is 33.7 Å². The Morgan fingerprint density at radius 1 is 1.10 bits per heavy atom. The Labute approximate surface area is 171 Å². The van der Waals surface area contributed by atoms with Crippen LogP contribution >= 0.6 is 0 Å². The molecule has 0 aliphatic heterocycles. The number of ether oxygens (including phenoxy) is 3. The lowest BCUT2D eigenvalue weighted by Crippen LogP contribution is -2.30. The van der Waals surface area contributed by atoms with Crippen molar-refractivity contribution in [1.82, 2.24) is 0 Å². The fraction of sp³-hybridized carbons (Fsp3) is 0.391. The zero-order valence-electron chi connectivity index (χ0n) is 17.1. The van der Waals surface area contributed by atoms with Crippen molar-refractivity contribution < 1.29 is 23.8 Å². The summed E-state index contributed by atoms with van der Waals surface area (Å²) >= 11 is 0. The summed E-state index contributed by atoms with van der Waals surface area (Å²) in [7, 11) is 1.56. The Kier molecular flexibility index (Phi) is 6.88. The second kappa shape index (κ2) is 9.56. The number of amides is 1. The van der Waals surface area contributed by atoms with Crippen molar-refractivity contribution in [2.45, 2.75) is 45.8 Å². The predicted molar refractivity (Wildman–Crippen MR) is 110 cm³/mol. The molecule has 1 atom stereocenters. The van der Waals surface area contributed by atoms with Crippen LogP contribution in [0.25, 0.3) is 0 Å². The Balaban J connectivity index is 1.62. The van der Waals surface area contributed by atoms with Crippen LogP contribution in [0.1, 0.15) is 47.3 Å². The minimum Gasteiger partial charge on any atom is -0.496 e. The SMILES string of the molecule is CCOCc1cc(C(=O)O[C@H](C)C(=O)Nc2ccc3c(c2)CCC3)ccc1OC. The van der Waals surface area contributed by atoms with Crippen molar-refractivity contribution in [3.8, 4) is 5.75 Å². The second-order valence-corrected chi connectivity index (χ2v) is 7.04. The molecule has 2 aromatic rings. The minimum absolute atomic E-state index is 0.329. The van der Waals surface area contributed by atoms with Crippen molar-refractivity contribution in [2.75, 3.05) is 19.0 Å². The monoisotopic (exact) mass is 397 g/mol. The zero-order valence-corrected chi connectivity index (χ0v) is 17.1. The number of hydrogen-bond acceptors (Lipinski definition) is 5. The summed E-state index contributed by atoms with van der Waals surface area (Å²) in [5.74, 6) is -0.293. The predicted octanol–water partition coefficient (Wildman–Crippen LogP) is 3.90. The van der Waals surface area contributed by atoms with Crippen LogP contribution in [0.5, 0.6) is 5.75 Å². The molecule has 0 bridgehead atoms. The normalized spacial score (nSPS) is 13.5. The number of methoxy groups -OCH3 is 1. The van der Waals surface area contributed by atoms with Gasteiger partial charge in [0, 0.05) is 17.9 Å². The molecule has 0 saturated carbocycles. The van der Waals surface area contributed by atoms with Crippen LogP contribution in [0.3, 0.4) is 0 Å². The molecule has 6 heteroatoms. The molecule has 0 fully saturated rings. The highest BCUT2D eigenvalue weighted by atomic mass is 16.5. The topological polar surface area (TPSA) is 73.9 Å². The average molecular weight is 397 g/mol. The van der Waals surface area contributed by atoms with Gasteiger partial charge in [-0.1, -0.05) is 6.07 Å². The smallest absolute Gasteiger partial charge is 0.338 e. The molecule has 2 aromatic carbocycles. The Hall–Kier alpha value is -2.86. The van der Waals surface area contributed by atoms with Crippen molar-refractivity contribution in [2.24, 2.45) is 0 Å². The maximum atomic E-state index is 12.5. The maximum absolute atomic E-state index is 12.5. The highest BCUT2D eigenvalue weighted by molar-refractivity contribution is 5.97. The van der Waals surface area contributed by atoms with E-state index in [4.69, 9.17) is 14.2 Å². The standard InChI is InChI=1S/C23H27NO5/c1-4-28-14-19-12-18(9-11-21(19)27-3)23(26)29-15(2)22(25)24-20-10-8-16-6-5-7-17(16)13-20/h8-13,15H,4-7,14H2,1-3H3,(H,24,25)/t15-/m1/s1. The molecule has 0 radical (unpaired) electrons. The largest absolute Gasteiger partial charge is 0.496 e. The summed E-state index contributed by atoms with van der Waals surface area (Å²) in [6, 6.07) is 10.9. The average Bonchev–Trinajstić information content (AvgIpc) is 3.19. The molecular formula is C23H27NO5. The van der Waals surface area contributed by atoms with Crippen molar-refractivity contribution >= 4 is 17.6 Å². The second-order valence-electron chi connectivity index (χ2n) is 7.04. The van der Waals surface area contributed by atoms with Gasteiger partial charge < -0.3 is 19.5 Å². The van der Waals surface area contributed by atoms with Crippen LogP contribution in [0, 0.1) is 0 Å². The lowest BCUT2D eigenvalue weighted by Gasteiger charge is -2.15. The fourth-order valence-electron chi connectivity index (χ4n) is 3.41. The van der Waals surface area contributed by atoms with Crippen LogP contribution in [0.15, 0.2) is 36.4 Å². The van der Waals surface area contributed by atoms with Crippen LogP contribution in [0.2, 0.25) is 0 Å². The van der Waals surface area contributed by atoms with Crippen LogP contribution in [0.4, 0.5) is 5.69 Å². The van der Waals surface area contributed by atoms with Crippen molar-refractivity contribution in [3.63, 3.8) is 0 Å². The molecular weight excluding hydrogens is 370 g/mol. The van der Waals surface area contributed by atoms with Gasteiger partial charge in [0.15, 0.2) is 6.10 Å². The van der Waals surface area contributed by atoms with Gasteiger partial charge in [-0.3, -0.25) is 4.79 Å². The molecule has 6 nitrogen and oxygen atoms in total. The third kappa shape index (κ3) is 5.15.